The lowest BCUT2D eigenvalue weighted by Crippen LogP contribution is -2.34. The lowest BCUT2D eigenvalue weighted by molar-refractivity contribution is 0.247. The topological polar surface area (TPSA) is 79.8 Å². The number of nitrogens with zero attached hydrogens (tertiary/aromatic N) is 3. The van der Waals surface area contributed by atoms with Gasteiger partial charge in [-0.1, -0.05) is 30.3 Å². The molecule has 1 atom stereocenters. The van der Waals surface area contributed by atoms with Crippen LogP contribution in [0.5, 0.6) is 0 Å². The van der Waals surface area contributed by atoms with E-state index in [1.54, 1.807) is 11.3 Å². The van der Waals surface area contributed by atoms with Gasteiger partial charge < -0.3 is 5.32 Å². The summed E-state index contributed by atoms with van der Waals surface area (Å²) in [6.45, 7) is 2.01. The smallest absolute Gasteiger partial charge is 0.321 e. The van der Waals surface area contributed by atoms with Crippen molar-refractivity contribution in [2.75, 3.05) is 5.32 Å². The predicted molar refractivity (Wildman–Crippen MR) is 100 cm³/mol. The second-order valence-corrected chi connectivity index (χ2v) is 7.91. The highest BCUT2D eigenvalue weighted by molar-refractivity contribution is 7.11. The van der Waals surface area contributed by atoms with Gasteiger partial charge in [-0.05, 0) is 26.2 Å². The van der Waals surface area contributed by atoms with Crippen LogP contribution in [0.1, 0.15) is 34.5 Å². The molecule has 0 spiro atoms. The molecule has 0 bridgehead atoms. The first-order valence-electron chi connectivity index (χ1n) is 8.12. The van der Waals surface area contributed by atoms with Crippen LogP contribution in [0.3, 0.4) is 0 Å². The van der Waals surface area contributed by atoms with Crippen molar-refractivity contribution in [2.45, 2.75) is 32.2 Å². The third-order valence-corrected chi connectivity index (χ3v) is 5.72. The summed E-state index contributed by atoms with van der Waals surface area (Å²) in [5, 5.41) is 7.35. The summed E-state index contributed by atoms with van der Waals surface area (Å²) >= 11 is 2.90. The highest BCUT2D eigenvalue weighted by atomic mass is 32.1. The number of fused-ring (bicyclic) bond motifs is 1. The molecular weight excluding hydrogens is 354 g/mol. The van der Waals surface area contributed by atoms with E-state index in [1.807, 2.05) is 37.3 Å². The molecule has 2 aromatic heterocycles. The van der Waals surface area contributed by atoms with Crippen molar-refractivity contribution in [2.24, 2.45) is 0 Å². The van der Waals surface area contributed by atoms with E-state index in [2.05, 4.69) is 25.0 Å². The van der Waals surface area contributed by atoms with Crippen LogP contribution < -0.4 is 10.6 Å². The lowest BCUT2D eigenvalue weighted by atomic mass is 9.98. The Morgan fingerprint density at radius 1 is 1.24 bits per heavy atom. The largest absolute Gasteiger partial charge is 0.329 e. The summed E-state index contributed by atoms with van der Waals surface area (Å²) in [5.74, 6) is 0.621. The lowest BCUT2D eigenvalue weighted by Gasteiger charge is -2.22. The van der Waals surface area contributed by atoms with Gasteiger partial charge in [-0.3, -0.25) is 5.32 Å². The molecule has 3 aromatic rings. The van der Waals surface area contributed by atoms with Crippen LogP contribution >= 0.6 is 22.9 Å². The van der Waals surface area contributed by atoms with E-state index >= 15 is 0 Å². The van der Waals surface area contributed by atoms with Gasteiger partial charge in [-0.2, -0.15) is 9.36 Å². The maximum absolute atomic E-state index is 12.3. The quantitative estimate of drug-likeness (QED) is 0.724. The van der Waals surface area contributed by atoms with E-state index in [-0.39, 0.29) is 12.1 Å². The fourth-order valence-corrected chi connectivity index (χ4v) is 4.58. The van der Waals surface area contributed by atoms with E-state index in [1.165, 1.54) is 16.4 Å². The number of hydrogen-bond acceptors (Lipinski definition) is 6. The Morgan fingerprint density at radius 3 is 2.92 bits per heavy atom. The maximum atomic E-state index is 12.3. The highest BCUT2D eigenvalue weighted by Crippen LogP contribution is 2.33. The summed E-state index contributed by atoms with van der Waals surface area (Å²) in [7, 11) is 0. The summed E-state index contributed by atoms with van der Waals surface area (Å²) in [6, 6.07) is 9.41. The van der Waals surface area contributed by atoms with E-state index in [9.17, 15) is 4.79 Å². The average molecular weight is 371 g/mol. The molecule has 0 saturated heterocycles. The van der Waals surface area contributed by atoms with Crippen molar-refractivity contribution in [3.05, 3.63) is 45.9 Å². The standard InChI is InChI=1S/C17H17N5OS2/c1-10-18-14-12(8-5-9-13(14)24-10)19-16(23)21-17-20-15(22-25-17)11-6-3-2-4-7-11/h2-4,6-7,12H,5,8-9H2,1H3,(H2,19,20,21,22,23). The zero-order chi connectivity index (χ0) is 17.2. The maximum Gasteiger partial charge on any atom is 0.321 e. The van der Waals surface area contributed by atoms with Crippen LogP contribution in [0, 0.1) is 6.92 Å². The number of carbonyl (C=O) groups is 1. The third kappa shape index (κ3) is 3.54. The van der Waals surface area contributed by atoms with Gasteiger partial charge in [0.15, 0.2) is 5.82 Å². The molecule has 25 heavy (non-hydrogen) atoms. The SMILES string of the molecule is Cc1nc2c(s1)CCCC2NC(=O)Nc1nc(-c2ccccc2)ns1. The summed E-state index contributed by atoms with van der Waals surface area (Å²) in [5.41, 5.74) is 1.95. The fraction of sp³-hybridized carbons (Fsp3) is 0.294. The number of hydrogen-bond donors (Lipinski definition) is 2. The van der Waals surface area contributed by atoms with Gasteiger partial charge in [0.25, 0.3) is 0 Å². The fourth-order valence-electron chi connectivity index (χ4n) is 2.95. The van der Waals surface area contributed by atoms with Gasteiger partial charge in [0.1, 0.15) is 0 Å². The first-order valence-corrected chi connectivity index (χ1v) is 9.71. The minimum absolute atomic E-state index is 0.0322. The molecule has 0 aliphatic heterocycles. The van der Waals surface area contributed by atoms with Crippen molar-refractivity contribution in [1.29, 1.82) is 0 Å². The number of rotatable bonds is 3. The zero-order valence-corrected chi connectivity index (χ0v) is 15.3. The molecule has 2 heterocycles. The Balaban J connectivity index is 1.43. The minimum Gasteiger partial charge on any atom is -0.329 e. The highest BCUT2D eigenvalue weighted by Gasteiger charge is 2.25. The van der Waals surface area contributed by atoms with Crippen LogP contribution in [0.25, 0.3) is 11.4 Å². The van der Waals surface area contributed by atoms with Crippen LogP contribution in [-0.4, -0.2) is 20.4 Å². The molecule has 128 valence electrons. The zero-order valence-electron chi connectivity index (χ0n) is 13.7. The normalized spacial score (nSPS) is 16.3. The number of urea groups is 1. The molecule has 4 rings (SSSR count). The van der Waals surface area contributed by atoms with E-state index < -0.39 is 0 Å². The summed E-state index contributed by atoms with van der Waals surface area (Å²) < 4.78 is 4.30. The van der Waals surface area contributed by atoms with Crippen molar-refractivity contribution >= 4 is 34.0 Å². The van der Waals surface area contributed by atoms with Gasteiger partial charge in [-0.25, -0.2) is 9.78 Å². The molecule has 6 nitrogen and oxygen atoms in total. The Morgan fingerprint density at radius 2 is 2.08 bits per heavy atom. The third-order valence-electron chi connectivity index (χ3n) is 4.05. The molecule has 2 amide bonds. The Kier molecular flexibility index (Phi) is 4.46. The van der Waals surface area contributed by atoms with E-state index in [0.29, 0.717) is 11.0 Å². The molecule has 0 radical (unpaired) electrons. The van der Waals surface area contributed by atoms with Crippen LogP contribution in [0.2, 0.25) is 0 Å². The number of nitrogens with one attached hydrogen (secondary N) is 2. The molecule has 0 fully saturated rings. The molecule has 1 aliphatic rings. The second-order valence-electron chi connectivity index (χ2n) is 5.87. The molecule has 2 N–H and O–H groups in total. The number of aromatic nitrogens is 3. The van der Waals surface area contributed by atoms with E-state index in [4.69, 9.17) is 0 Å². The van der Waals surface area contributed by atoms with Gasteiger partial charge in [0, 0.05) is 22.0 Å². The summed E-state index contributed by atoms with van der Waals surface area (Å²) in [4.78, 5) is 22.6. The van der Waals surface area contributed by atoms with Crippen molar-refractivity contribution in [3.63, 3.8) is 0 Å². The average Bonchev–Trinajstić information content (AvgIpc) is 3.22. The number of amides is 2. The minimum atomic E-state index is -0.265. The van der Waals surface area contributed by atoms with Crippen molar-refractivity contribution in [3.8, 4) is 11.4 Å². The summed E-state index contributed by atoms with van der Waals surface area (Å²) in [6.07, 6.45) is 3.03. The van der Waals surface area contributed by atoms with Crippen molar-refractivity contribution in [1.82, 2.24) is 19.7 Å². The Hall–Kier alpha value is -2.32. The molecule has 8 heteroatoms. The Labute approximate surface area is 153 Å². The number of benzene rings is 1. The predicted octanol–water partition coefficient (Wildman–Crippen LogP) is 4.17. The van der Waals surface area contributed by atoms with Crippen molar-refractivity contribution < 1.29 is 4.79 Å². The van der Waals surface area contributed by atoms with Crippen LogP contribution in [0.15, 0.2) is 30.3 Å². The number of anilines is 1. The number of thiazole rings is 1. The number of aryl methyl sites for hydroxylation is 2. The van der Waals surface area contributed by atoms with E-state index in [0.717, 1.165) is 35.5 Å². The monoisotopic (exact) mass is 371 g/mol. The first-order chi connectivity index (χ1) is 12.2. The van der Waals surface area contributed by atoms with Gasteiger partial charge in [0.05, 0.1) is 16.7 Å². The molecular formula is C17H17N5OS2. The molecule has 1 aromatic carbocycles. The van der Waals surface area contributed by atoms with Crippen LogP contribution in [-0.2, 0) is 6.42 Å². The second kappa shape index (κ2) is 6.89. The first kappa shape index (κ1) is 16.2. The van der Waals surface area contributed by atoms with Gasteiger partial charge >= 0.3 is 6.03 Å². The van der Waals surface area contributed by atoms with Gasteiger partial charge in [-0.15, -0.1) is 11.3 Å². The van der Waals surface area contributed by atoms with Crippen LogP contribution in [0.4, 0.5) is 9.93 Å². The molecule has 1 aliphatic carbocycles. The van der Waals surface area contributed by atoms with Gasteiger partial charge in [0.2, 0.25) is 5.13 Å². The molecule has 0 saturated carbocycles. The molecule has 1 unspecified atom stereocenters. The number of carbonyl (C=O) groups excluding carboxylic acids is 1. The Bertz CT molecular complexity index is 890.